The second-order valence-corrected chi connectivity index (χ2v) is 19.3. The fraction of sp³-hybridized carbons (Fsp3) is 0.907. The predicted octanol–water partition coefficient (Wildman–Crippen LogP) is -13.7. The van der Waals surface area contributed by atoms with Crippen molar-refractivity contribution in [3.8, 4) is 0 Å². The number of hydrogen-bond donors (Lipinski definition) is 21. The molecular formula is C43H72N2O33. The maximum Gasteiger partial charge on any atom is 0.364 e. The Hall–Kier alpha value is -3.04. The van der Waals surface area contributed by atoms with Crippen LogP contribution in [-0.2, 0) is 66.5 Å². The summed E-state index contributed by atoms with van der Waals surface area (Å²) < 4.78 is 57.7. The van der Waals surface area contributed by atoms with Crippen LogP contribution >= 0.6 is 0 Å². The number of carboxylic acids is 1. The van der Waals surface area contributed by atoms with Gasteiger partial charge in [0.25, 0.3) is 5.79 Å². The first-order chi connectivity index (χ1) is 36.6. The molecule has 0 saturated carbocycles. The summed E-state index contributed by atoms with van der Waals surface area (Å²) in [5.74, 6) is -7.08. The number of carbonyl (C=O) groups is 4. The SMILES string of the molecule is CC(=O)N[C@H]1[C@H](O[C@H]2[C@@H](O)[C@@H](CO)O[C@@H](O[C@@H]([C@H](O)[C@@H](O)C=O)[C@H](O)CO)[C@@H]2O)O[C@H](CO[C@]2(C(=O)O)C[C@H](O)[C@@H](NC(C)=O)[C@H]([C@H](O)[C@H](O)CO)O2)[C@@H](O)[C@@H]1O[C@@H]1O[C@H](CO)[C@H](O)[C@H](O)[C@H]1O[C@@H]1O[C@@H](C)[C@@H](O)[C@@H](O)[C@@H]1O. The van der Waals surface area contributed by atoms with Gasteiger partial charge in [-0.15, -0.1) is 0 Å². The molecule has 5 heterocycles. The van der Waals surface area contributed by atoms with E-state index in [0.717, 1.165) is 13.8 Å². The highest BCUT2D eigenvalue weighted by atomic mass is 16.8. The summed E-state index contributed by atoms with van der Waals surface area (Å²) in [6.07, 6.45) is -58.2. The third kappa shape index (κ3) is 14.6. The van der Waals surface area contributed by atoms with E-state index >= 15 is 0 Å². The van der Waals surface area contributed by atoms with Crippen LogP contribution in [0.15, 0.2) is 0 Å². The van der Waals surface area contributed by atoms with E-state index in [0.29, 0.717) is 0 Å². The molecule has 5 saturated heterocycles. The number of aliphatic hydroxyl groups excluding tert-OH is 18. The molecular weight excluding hydrogens is 1070 g/mol. The number of aliphatic hydroxyl groups is 18. The van der Waals surface area contributed by atoms with Gasteiger partial charge in [-0.05, 0) is 6.92 Å². The highest BCUT2D eigenvalue weighted by molar-refractivity contribution is 5.76. The third-order valence-electron chi connectivity index (χ3n) is 13.7. The molecule has 78 heavy (non-hydrogen) atoms. The van der Waals surface area contributed by atoms with Crippen LogP contribution in [0.3, 0.4) is 0 Å². The number of amides is 2. The molecule has 2 amide bonds. The van der Waals surface area contributed by atoms with Gasteiger partial charge in [-0.1, -0.05) is 0 Å². The number of rotatable bonds is 24. The van der Waals surface area contributed by atoms with Gasteiger partial charge in [0.15, 0.2) is 31.4 Å². The van der Waals surface area contributed by atoms with Crippen LogP contribution in [0, 0.1) is 0 Å². The Morgan fingerprint density at radius 1 is 0.615 bits per heavy atom. The Kier molecular flexibility index (Phi) is 23.9. The molecule has 0 bridgehead atoms. The summed E-state index contributed by atoms with van der Waals surface area (Å²) in [6.45, 7) is -2.75. The molecule has 0 aromatic rings. The Morgan fingerprint density at radius 3 is 1.72 bits per heavy atom. The number of carbonyl (C=O) groups excluding carboxylic acids is 3. The van der Waals surface area contributed by atoms with Crippen molar-refractivity contribution in [2.45, 2.75) is 211 Å². The first-order valence-electron chi connectivity index (χ1n) is 24.4. The van der Waals surface area contributed by atoms with Gasteiger partial charge in [0, 0.05) is 20.3 Å². The highest BCUT2D eigenvalue weighted by Gasteiger charge is 2.60. The molecule has 0 aliphatic carbocycles. The number of nitrogens with one attached hydrogen (secondary N) is 2. The average Bonchev–Trinajstić information content (AvgIpc) is 3.53. The summed E-state index contributed by atoms with van der Waals surface area (Å²) >= 11 is 0. The van der Waals surface area contributed by atoms with Crippen LogP contribution < -0.4 is 10.6 Å². The van der Waals surface area contributed by atoms with E-state index in [1.165, 1.54) is 6.92 Å². The fourth-order valence-electron chi connectivity index (χ4n) is 9.37. The van der Waals surface area contributed by atoms with Crippen molar-refractivity contribution >= 4 is 24.1 Å². The van der Waals surface area contributed by atoms with E-state index < -0.39 is 241 Å². The summed E-state index contributed by atoms with van der Waals surface area (Å²) in [5.41, 5.74) is 0. The van der Waals surface area contributed by atoms with Crippen LogP contribution in [0.2, 0.25) is 0 Å². The van der Waals surface area contributed by atoms with Crippen molar-refractivity contribution in [2.24, 2.45) is 0 Å². The van der Waals surface area contributed by atoms with E-state index in [1.54, 1.807) is 0 Å². The van der Waals surface area contributed by atoms with Gasteiger partial charge in [-0.2, -0.15) is 0 Å². The van der Waals surface area contributed by atoms with Crippen LogP contribution in [0.4, 0.5) is 0 Å². The molecule has 5 aliphatic rings. The van der Waals surface area contributed by atoms with Gasteiger partial charge in [0.05, 0.1) is 51.3 Å². The molecule has 452 valence electrons. The largest absolute Gasteiger partial charge is 0.477 e. The molecule has 5 aliphatic heterocycles. The minimum Gasteiger partial charge on any atom is -0.477 e. The van der Waals surface area contributed by atoms with Gasteiger partial charge in [-0.25, -0.2) is 4.79 Å². The molecule has 35 heteroatoms. The van der Waals surface area contributed by atoms with E-state index in [4.69, 9.17) is 47.4 Å². The lowest BCUT2D eigenvalue weighted by Crippen LogP contribution is -2.71. The summed E-state index contributed by atoms with van der Waals surface area (Å²) in [6, 6.07) is -3.74. The zero-order valence-electron chi connectivity index (χ0n) is 41.8. The molecule has 21 N–H and O–H groups in total. The van der Waals surface area contributed by atoms with Crippen molar-refractivity contribution in [3.05, 3.63) is 0 Å². The third-order valence-corrected chi connectivity index (χ3v) is 13.7. The number of hydrogen-bond acceptors (Lipinski definition) is 32. The summed E-state index contributed by atoms with van der Waals surface area (Å²) in [4.78, 5) is 49.7. The quantitative estimate of drug-likeness (QED) is 0.0399. The number of ether oxygens (including phenoxy) is 10. The molecule has 5 rings (SSSR count). The highest BCUT2D eigenvalue weighted by Crippen LogP contribution is 2.38. The topological polar surface area (TPSA) is 569 Å². The molecule has 0 aromatic heterocycles. The smallest absolute Gasteiger partial charge is 0.364 e. The number of carboxylic acid groups (broad SMARTS) is 1. The fourth-order valence-corrected chi connectivity index (χ4v) is 9.37. The molecule has 0 spiro atoms. The van der Waals surface area contributed by atoms with Gasteiger partial charge in [0.2, 0.25) is 11.8 Å². The van der Waals surface area contributed by atoms with Crippen molar-refractivity contribution in [3.63, 3.8) is 0 Å². The Bertz CT molecular complexity index is 1930. The normalized spacial score (nSPS) is 43.8. The molecule has 0 unspecified atom stereocenters. The van der Waals surface area contributed by atoms with E-state index in [2.05, 4.69) is 10.6 Å². The second kappa shape index (κ2) is 28.3. The van der Waals surface area contributed by atoms with Crippen molar-refractivity contribution in [1.29, 1.82) is 0 Å². The van der Waals surface area contributed by atoms with Crippen LogP contribution in [0.5, 0.6) is 0 Å². The second-order valence-electron chi connectivity index (χ2n) is 19.3. The number of aldehydes is 1. The van der Waals surface area contributed by atoms with Gasteiger partial charge in [0.1, 0.15) is 134 Å². The predicted molar refractivity (Wildman–Crippen MR) is 239 cm³/mol. The van der Waals surface area contributed by atoms with Crippen molar-refractivity contribution < 1.29 is 164 Å². The van der Waals surface area contributed by atoms with E-state index in [-0.39, 0.29) is 6.29 Å². The molecule has 35 nitrogen and oxygen atoms in total. The van der Waals surface area contributed by atoms with Crippen molar-refractivity contribution in [1.82, 2.24) is 10.6 Å². The lowest BCUT2D eigenvalue weighted by Gasteiger charge is -2.51. The molecule has 5 fully saturated rings. The molecule has 0 radical (unpaired) electrons. The monoisotopic (exact) mass is 1140 g/mol. The maximum absolute atomic E-state index is 13.2. The lowest BCUT2D eigenvalue weighted by atomic mass is 9.88. The van der Waals surface area contributed by atoms with Gasteiger partial charge < -0.3 is 160 Å². The standard InChI is InChI=1S/C43H72N2O33/c1-11-23(57)29(63)31(65)39(70-11)77-37-30(64)26(60)18(8-49)72-41(37)75-34-22(45-13(3)52)38(76-36-27(61)19(9-50)71-40(32(36)66)74-33(17(56)7-48)24(58)15(54)5-46)73-20(28(34)62)10-69-43(42(67)68)4-14(53)21(44-12(2)51)35(78-43)25(59)16(55)6-47/h5,11,14-41,47-50,53-66H,4,6-10H2,1-3H3,(H,44,51)(H,45,52)(H,67,68)/t11-,14-,15-,16+,17+,18+,19+,20+,21+,22+,23+,24+,25+,26-,27-,28+,29+,30-,31-,32+,33+,34+,35+,36-,37+,38-,39-,40-,41-,43+/m0/s1. The van der Waals surface area contributed by atoms with Crippen LogP contribution in [0.25, 0.3) is 0 Å². The van der Waals surface area contributed by atoms with Gasteiger partial charge in [-0.3, -0.25) is 9.59 Å². The van der Waals surface area contributed by atoms with E-state index in [1.807, 2.05) is 0 Å². The minimum absolute atomic E-state index is 0.180. The maximum atomic E-state index is 13.2. The average molecular weight is 1150 g/mol. The van der Waals surface area contributed by atoms with Gasteiger partial charge >= 0.3 is 5.97 Å². The zero-order valence-corrected chi connectivity index (χ0v) is 41.8. The van der Waals surface area contributed by atoms with Crippen LogP contribution in [-0.4, -0.2) is 338 Å². The molecule has 30 atom stereocenters. The Labute approximate surface area is 441 Å². The lowest BCUT2D eigenvalue weighted by molar-refractivity contribution is -0.390. The minimum atomic E-state index is -3.15. The Morgan fingerprint density at radius 2 is 1.15 bits per heavy atom. The summed E-state index contributed by atoms with van der Waals surface area (Å²) in [7, 11) is 0. The first-order valence-corrected chi connectivity index (χ1v) is 24.4. The zero-order chi connectivity index (χ0) is 58.4. The molecule has 0 aromatic carbocycles. The first kappa shape index (κ1) is 65.8. The van der Waals surface area contributed by atoms with E-state index in [9.17, 15) is 116 Å². The summed E-state index contributed by atoms with van der Waals surface area (Å²) in [5, 5.41) is 208. The number of aliphatic carboxylic acids is 1. The van der Waals surface area contributed by atoms with Crippen LogP contribution in [0.1, 0.15) is 27.2 Å². The van der Waals surface area contributed by atoms with Crippen molar-refractivity contribution in [2.75, 3.05) is 33.0 Å². The Balaban J connectivity index is 1.61.